The number of carbonyl (C=O) groups excluding carboxylic acids is 1. The number of hydrogen-bond donors (Lipinski definition) is 0. The van der Waals surface area contributed by atoms with Crippen molar-refractivity contribution in [2.75, 3.05) is 6.61 Å². The van der Waals surface area contributed by atoms with Gasteiger partial charge in [-0.15, -0.1) is 11.8 Å². The molecule has 1 rings (SSSR count). The lowest BCUT2D eigenvalue weighted by Gasteiger charge is -2.05. The van der Waals surface area contributed by atoms with Gasteiger partial charge >= 0.3 is 5.97 Å². The number of carbonyl (C=O) groups is 1. The standard InChI is InChI=1S/C19H25ClO2/c1-2-3-4-5-6-7-8-9-10-11-16-22-19(21)17-12-14-18(20)15-13-17/h12-15H,2,5-11,16H2,1H3. The van der Waals surface area contributed by atoms with E-state index in [1.807, 2.05) is 0 Å². The van der Waals surface area contributed by atoms with E-state index < -0.39 is 0 Å². The molecule has 120 valence electrons. The van der Waals surface area contributed by atoms with Crippen LogP contribution in [0.1, 0.15) is 68.6 Å². The molecule has 0 aromatic heterocycles. The van der Waals surface area contributed by atoms with Gasteiger partial charge in [-0.05, 0) is 37.1 Å². The molecule has 0 radical (unpaired) electrons. The first-order valence-corrected chi connectivity index (χ1v) is 8.50. The largest absolute Gasteiger partial charge is 0.462 e. The van der Waals surface area contributed by atoms with E-state index >= 15 is 0 Å². The van der Waals surface area contributed by atoms with Gasteiger partial charge in [0, 0.05) is 17.9 Å². The number of ether oxygens (including phenoxy) is 1. The van der Waals surface area contributed by atoms with Gasteiger partial charge in [0.1, 0.15) is 0 Å². The van der Waals surface area contributed by atoms with Crippen molar-refractivity contribution in [3.05, 3.63) is 34.9 Å². The zero-order valence-electron chi connectivity index (χ0n) is 13.4. The maximum absolute atomic E-state index is 11.7. The zero-order chi connectivity index (χ0) is 16.0. The van der Waals surface area contributed by atoms with Crippen LogP contribution in [0.25, 0.3) is 0 Å². The molecule has 0 unspecified atom stereocenters. The molecule has 1 aromatic carbocycles. The lowest BCUT2D eigenvalue weighted by Crippen LogP contribution is -2.06. The minimum absolute atomic E-state index is 0.272. The minimum atomic E-state index is -0.272. The predicted octanol–water partition coefficient (Wildman–Crippen LogP) is 5.64. The van der Waals surface area contributed by atoms with E-state index in [0.29, 0.717) is 17.2 Å². The van der Waals surface area contributed by atoms with Crippen molar-refractivity contribution < 1.29 is 9.53 Å². The van der Waals surface area contributed by atoms with E-state index in [0.717, 1.165) is 25.7 Å². The topological polar surface area (TPSA) is 26.3 Å². The van der Waals surface area contributed by atoms with Gasteiger partial charge in [0.25, 0.3) is 0 Å². The summed E-state index contributed by atoms with van der Waals surface area (Å²) in [4.78, 5) is 11.7. The Balaban J connectivity index is 1.97. The second-order valence-electron chi connectivity index (χ2n) is 5.22. The number of hydrogen-bond acceptors (Lipinski definition) is 2. The Morgan fingerprint density at radius 3 is 2.32 bits per heavy atom. The Labute approximate surface area is 139 Å². The molecule has 0 saturated carbocycles. The fourth-order valence-electron chi connectivity index (χ4n) is 2.07. The van der Waals surface area contributed by atoms with Crippen molar-refractivity contribution >= 4 is 17.6 Å². The molecular weight excluding hydrogens is 296 g/mol. The molecule has 0 atom stereocenters. The van der Waals surface area contributed by atoms with Crippen LogP contribution in [-0.2, 0) is 4.74 Å². The first kappa shape index (κ1) is 18.6. The molecule has 0 aliphatic carbocycles. The second-order valence-corrected chi connectivity index (χ2v) is 5.66. The average Bonchev–Trinajstić information content (AvgIpc) is 2.53. The Morgan fingerprint density at radius 1 is 1.00 bits per heavy atom. The van der Waals surface area contributed by atoms with Gasteiger partial charge in [0.2, 0.25) is 0 Å². The summed E-state index contributed by atoms with van der Waals surface area (Å²) in [6.45, 7) is 2.57. The Hall–Kier alpha value is -1.46. The second kappa shape index (κ2) is 12.1. The summed E-state index contributed by atoms with van der Waals surface area (Å²) in [5.74, 6) is 5.98. The van der Waals surface area contributed by atoms with Crippen LogP contribution in [0, 0.1) is 11.8 Å². The minimum Gasteiger partial charge on any atom is -0.462 e. The molecule has 1 aromatic rings. The average molecular weight is 321 g/mol. The zero-order valence-corrected chi connectivity index (χ0v) is 14.1. The summed E-state index contributed by atoms with van der Waals surface area (Å²) >= 11 is 5.78. The van der Waals surface area contributed by atoms with Gasteiger partial charge in [-0.25, -0.2) is 4.79 Å². The van der Waals surface area contributed by atoms with Gasteiger partial charge in [-0.1, -0.05) is 44.2 Å². The van der Waals surface area contributed by atoms with Crippen LogP contribution < -0.4 is 0 Å². The van der Waals surface area contributed by atoms with Crippen LogP contribution in [0.15, 0.2) is 24.3 Å². The van der Waals surface area contributed by atoms with Gasteiger partial charge < -0.3 is 4.74 Å². The van der Waals surface area contributed by atoms with Gasteiger partial charge in [-0.3, -0.25) is 0 Å². The molecule has 0 N–H and O–H groups in total. The lowest BCUT2D eigenvalue weighted by molar-refractivity contribution is 0.0497. The highest BCUT2D eigenvalue weighted by atomic mass is 35.5. The fourth-order valence-corrected chi connectivity index (χ4v) is 2.20. The summed E-state index contributed by atoms with van der Waals surface area (Å²) in [5, 5.41) is 0.622. The van der Waals surface area contributed by atoms with Gasteiger partial charge in [0.15, 0.2) is 0 Å². The highest BCUT2D eigenvalue weighted by molar-refractivity contribution is 6.30. The third-order valence-electron chi connectivity index (χ3n) is 3.31. The first-order chi connectivity index (χ1) is 10.7. The Bertz CT molecular complexity index is 482. The van der Waals surface area contributed by atoms with E-state index in [1.54, 1.807) is 24.3 Å². The Kier molecular flexibility index (Phi) is 10.2. The smallest absolute Gasteiger partial charge is 0.338 e. The van der Waals surface area contributed by atoms with Crippen molar-refractivity contribution in [3.63, 3.8) is 0 Å². The van der Waals surface area contributed by atoms with Crippen molar-refractivity contribution in [1.82, 2.24) is 0 Å². The number of esters is 1. The lowest BCUT2D eigenvalue weighted by atomic mass is 10.1. The third kappa shape index (κ3) is 8.74. The van der Waals surface area contributed by atoms with Crippen LogP contribution in [0.3, 0.4) is 0 Å². The maximum atomic E-state index is 11.7. The van der Waals surface area contributed by atoms with Crippen molar-refractivity contribution in [2.24, 2.45) is 0 Å². The molecule has 22 heavy (non-hydrogen) atoms. The van der Waals surface area contributed by atoms with Gasteiger partial charge in [0.05, 0.1) is 12.2 Å². The molecule has 2 nitrogen and oxygen atoms in total. The van der Waals surface area contributed by atoms with Crippen LogP contribution in [0.4, 0.5) is 0 Å². The summed E-state index contributed by atoms with van der Waals surface area (Å²) < 4.78 is 5.24. The summed E-state index contributed by atoms with van der Waals surface area (Å²) in [6, 6.07) is 6.77. The highest BCUT2D eigenvalue weighted by Crippen LogP contribution is 2.11. The van der Waals surface area contributed by atoms with E-state index in [9.17, 15) is 4.79 Å². The third-order valence-corrected chi connectivity index (χ3v) is 3.56. The molecule has 0 amide bonds. The predicted molar refractivity (Wildman–Crippen MR) is 92.1 cm³/mol. The van der Waals surface area contributed by atoms with Crippen LogP contribution in [0.2, 0.25) is 5.02 Å². The van der Waals surface area contributed by atoms with Crippen LogP contribution >= 0.6 is 11.6 Å². The first-order valence-electron chi connectivity index (χ1n) is 8.12. The molecule has 0 spiro atoms. The van der Waals surface area contributed by atoms with Crippen LogP contribution in [-0.4, -0.2) is 12.6 Å². The van der Waals surface area contributed by atoms with Crippen LogP contribution in [0.5, 0.6) is 0 Å². The molecule has 0 heterocycles. The fraction of sp³-hybridized carbons (Fsp3) is 0.526. The normalized spacial score (nSPS) is 9.91. The molecular formula is C19H25ClO2. The van der Waals surface area contributed by atoms with E-state index in [1.165, 1.54) is 25.7 Å². The number of benzene rings is 1. The highest BCUT2D eigenvalue weighted by Gasteiger charge is 2.05. The maximum Gasteiger partial charge on any atom is 0.338 e. The van der Waals surface area contributed by atoms with E-state index in [4.69, 9.17) is 16.3 Å². The number of halogens is 1. The SMILES string of the molecule is CCC#CCCCCCCCCOC(=O)c1ccc(Cl)cc1. The van der Waals surface area contributed by atoms with Crippen molar-refractivity contribution in [1.29, 1.82) is 0 Å². The quantitative estimate of drug-likeness (QED) is 0.334. The van der Waals surface area contributed by atoms with E-state index in [2.05, 4.69) is 18.8 Å². The summed E-state index contributed by atoms with van der Waals surface area (Å²) in [7, 11) is 0. The molecule has 0 aliphatic heterocycles. The summed E-state index contributed by atoms with van der Waals surface area (Å²) in [5.41, 5.74) is 0.553. The van der Waals surface area contributed by atoms with Crippen molar-refractivity contribution in [2.45, 2.75) is 58.3 Å². The number of unbranched alkanes of at least 4 members (excludes halogenated alkanes) is 6. The monoisotopic (exact) mass is 320 g/mol. The molecule has 0 aliphatic rings. The Morgan fingerprint density at radius 2 is 1.64 bits per heavy atom. The molecule has 0 bridgehead atoms. The summed E-state index contributed by atoms with van der Waals surface area (Å²) in [6.07, 6.45) is 8.87. The van der Waals surface area contributed by atoms with Gasteiger partial charge in [-0.2, -0.15) is 0 Å². The number of rotatable bonds is 9. The van der Waals surface area contributed by atoms with Crippen molar-refractivity contribution in [3.8, 4) is 11.8 Å². The molecule has 0 saturated heterocycles. The molecule has 0 fully saturated rings. The molecule has 3 heteroatoms. The van der Waals surface area contributed by atoms with E-state index in [-0.39, 0.29) is 5.97 Å².